The normalized spacial score (nSPS) is 13.3. The molecule has 0 aromatic heterocycles. The lowest BCUT2D eigenvalue weighted by atomic mass is 10.3. The molecule has 1 atom stereocenters. The Bertz CT molecular complexity index is 879. The summed E-state index contributed by atoms with van der Waals surface area (Å²) < 4.78 is 51.4. The largest absolute Gasteiger partial charge is 0.456 e. The van der Waals surface area contributed by atoms with E-state index in [1.807, 2.05) is 0 Å². The molecule has 140 valence electrons. The van der Waals surface area contributed by atoms with Crippen LogP contribution in [0.25, 0.3) is 0 Å². The lowest BCUT2D eigenvalue weighted by Crippen LogP contribution is -2.11. The van der Waals surface area contributed by atoms with Crippen LogP contribution in [0.1, 0.15) is 0 Å². The fourth-order valence-corrected chi connectivity index (χ4v) is 3.35. The van der Waals surface area contributed by atoms with Gasteiger partial charge in [0.25, 0.3) is 5.69 Å². The van der Waals surface area contributed by atoms with E-state index in [0.717, 1.165) is 12.1 Å². The lowest BCUT2D eigenvalue weighted by Gasteiger charge is -2.14. The Balaban J connectivity index is 2.37. The van der Waals surface area contributed by atoms with Gasteiger partial charge in [-0.3, -0.25) is 14.7 Å². The first kappa shape index (κ1) is 20.1. The van der Waals surface area contributed by atoms with E-state index in [-0.39, 0.29) is 33.3 Å². The zero-order valence-corrected chi connectivity index (χ0v) is 15.2. The van der Waals surface area contributed by atoms with Crippen molar-refractivity contribution in [1.82, 2.24) is 0 Å². The number of ether oxygens (including phenoxy) is 2. The molecule has 2 aromatic carbocycles. The van der Waals surface area contributed by atoms with Crippen LogP contribution in [0, 0.1) is 10.1 Å². The van der Waals surface area contributed by atoms with E-state index in [1.54, 1.807) is 0 Å². The van der Waals surface area contributed by atoms with Crippen molar-refractivity contribution >= 4 is 30.0 Å². The van der Waals surface area contributed by atoms with Crippen LogP contribution in [0.3, 0.4) is 0 Å². The average molecular weight is 408 g/mol. The predicted octanol–water partition coefficient (Wildman–Crippen LogP) is 4.82. The maximum absolute atomic E-state index is 12.4. The van der Waals surface area contributed by atoms with Crippen LogP contribution >= 0.6 is 19.0 Å². The number of nitrogens with zero attached hydrogens (tertiary/aromatic N) is 1. The van der Waals surface area contributed by atoms with Crippen LogP contribution in [0.4, 0.5) is 14.5 Å². The molecule has 0 radical (unpaired) electrons. The third-order valence-electron chi connectivity index (χ3n) is 3.29. The molecule has 0 aliphatic rings. The minimum absolute atomic E-state index is 0.0190. The molecule has 2 aromatic rings. The van der Waals surface area contributed by atoms with Crippen LogP contribution in [0.5, 0.6) is 17.2 Å². The van der Waals surface area contributed by atoms with Crippen LogP contribution in [-0.4, -0.2) is 25.3 Å². The van der Waals surface area contributed by atoms with Gasteiger partial charge in [0, 0.05) is 32.0 Å². The van der Waals surface area contributed by atoms with Gasteiger partial charge in [0.05, 0.1) is 9.95 Å². The molecule has 0 N–H and O–H groups in total. The number of halogens is 3. The van der Waals surface area contributed by atoms with Crippen LogP contribution in [-0.2, 0) is 9.09 Å². The fourth-order valence-electron chi connectivity index (χ4n) is 2.01. The first-order valence-electron chi connectivity index (χ1n) is 6.98. The number of nitro groups is 1. The molecule has 7 nitrogen and oxygen atoms in total. The maximum atomic E-state index is 12.4. The van der Waals surface area contributed by atoms with E-state index in [2.05, 4.69) is 4.74 Å². The Morgan fingerprint density at radius 2 is 1.85 bits per heavy atom. The Kier molecular flexibility index (Phi) is 6.17. The quantitative estimate of drug-likeness (QED) is 0.371. The number of alkyl halides is 2. The van der Waals surface area contributed by atoms with Crippen molar-refractivity contribution in [3.05, 3.63) is 51.5 Å². The van der Waals surface area contributed by atoms with E-state index in [9.17, 15) is 23.5 Å². The van der Waals surface area contributed by atoms with Crippen molar-refractivity contribution in [2.24, 2.45) is 0 Å². The highest BCUT2D eigenvalue weighted by molar-refractivity contribution is 7.66. The number of hydrogen-bond donors (Lipinski definition) is 0. The standard InChI is InChI=1S/C15H13ClF2NO6P/c1-23-26(2,22)14-8-10(3-5-12(14)19(20)21)24-13-6-4-9(7-11(13)16)25-15(17)18/h3-8,15H,1-2H3. The molecule has 0 aliphatic heterocycles. The van der Waals surface area contributed by atoms with Gasteiger partial charge in [-0.1, -0.05) is 11.6 Å². The minimum Gasteiger partial charge on any atom is -0.456 e. The van der Waals surface area contributed by atoms with Gasteiger partial charge < -0.3 is 14.0 Å². The second kappa shape index (κ2) is 7.99. The molecule has 0 heterocycles. The topological polar surface area (TPSA) is 87.9 Å². The highest BCUT2D eigenvalue weighted by Crippen LogP contribution is 2.44. The minimum atomic E-state index is -3.44. The van der Waals surface area contributed by atoms with Gasteiger partial charge in [0.1, 0.15) is 22.6 Å². The van der Waals surface area contributed by atoms with Crippen molar-refractivity contribution in [2.45, 2.75) is 6.61 Å². The summed E-state index contributed by atoms with van der Waals surface area (Å²) in [4.78, 5) is 10.4. The molecule has 0 saturated heterocycles. The Morgan fingerprint density at radius 3 is 2.38 bits per heavy atom. The smallest absolute Gasteiger partial charge is 0.387 e. The van der Waals surface area contributed by atoms with Crippen LogP contribution in [0.2, 0.25) is 5.02 Å². The number of hydrogen-bond acceptors (Lipinski definition) is 6. The van der Waals surface area contributed by atoms with Gasteiger partial charge in [0.2, 0.25) is 7.37 Å². The summed E-state index contributed by atoms with van der Waals surface area (Å²) in [5, 5.41) is 11.0. The van der Waals surface area contributed by atoms with Crippen LogP contribution < -0.4 is 14.8 Å². The average Bonchev–Trinajstić information content (AvgIpc) is 2.56. The molecule has 0 spiro atoms. The molecule has 0 saturated carbocycles. The second-order valence-corrected chi connectivity index (χ2v) is 7.95. The van der Waals surface area contributed by atoms with E-state index >= 15 is 0 Å². The van der Waals surface area contributed by atoms with E-state index < -0.39 is 18.9 Å². The van der Waals surface area contributed by atoms with Crippen molar-refractivity contribution in [3.63, 3.8) is 0 Å². The Morgan fingerprint density at radius 1 is 1.19 bits per heavy atom. The predicted molar refractivity (Wildman–Crippen MR) is 91.4 cm³/mol. The highest BCUT2D eigenvalue weighted by Gasteiger charge is 2.28. The monoisotopic (exact) mass is 407 g/mol. The van der Waals surface area contributed by atoms with Gasteiger partial charge in [-0.2, -0.15) is 8.78 Å². The van der Waals surface area contributed by atoms with Crippen molar-refractivity contribution in [3.8, 4) is 17.2 Å². The number of rotatable bonds is 7. The van der Waals surface area contributed by atoms with Crippen molar-refractivity contribution in [1.29, 1.82) is 0 Å². The molecular formula is C15H13ClF2NO6P. The molecule has 0 aliphatic carbocycles. The molecular weight excluding hydrogens is 395 g/mol. The zero-order valence-electron chi connectivity index (χ0n) is 13.5. The van der Waals surface area contributed by atoms with Crippen LogP contribution in [0.15, 0.2) is 36.4 Å². The SMILES string of the molecule is COP(C)(=O)c1cc(Oc2ccc(OC(F)F)cc2Cl)ccc1[N+](=O)[O-]. The zero-order chi connectivity index (χ0) is 19.5. The van der Waals surface area contributed by atoms with Gasteiger partial charge in [-0.05, 0) is 18.2 Å². The number of benzene rings is 2. The highest BCUT2D eigenvalue weighted by atomic mass is 35.5. The molecule has 0 bridgehead atoms. The summed E-state index contributed by atoms with van der Waals surface area (Å²) in [5.74, 6) is 0.0461. The molecule has 1 unspecified atom stereocenters. The molecule has 0 amide bonds. The van der Waals surface area contributed by atoms with Gasteiger partial charge >= 0.3 is 6.61 Å². The summed E-state index contributed by atoms with van der Waals surface area (Å²) >= 11 is 5.96. The summed E-state index contributed by atoms with van der Waals surface area (Å²) in [6.45, 7) is -1.76. The van der Waals surface area contributed by atoms with Crippen molar-refractivity contribution < 1.29 is 32.3 Å². The van der Waals surface area contributed by atoms with E-state index in [0.29, 0.717) is 0 Å². The van der Waals surface area contributed by atoms with E-state index in [4.69, 9.17) is 20.9 Å². The first-order valence-corrected chi connectivity index (χ1v) is 9.43. The Labute approximate surface area is 152 Å². The maximum Gasteiger partial charge on any atom is 0.387 e. The summed E-state index contributed by atoms with van der Waals surface area (Å²) in [6, 6.07) is 7.28. The fraction of sp³-hybridized carbons (Fsp3) is 0.200. The van der Waals surface area contributed by atoms with Crippen molar-refractivity contribution in [2.75, 3.05) is 13.8 Å². The first-order chi connectivity index (χ1) is 12.1. The molecule has 2 rings (SSSR count). The lowest BCUT2D eigenvalue weighted by molar-refractivity contribution is -0.383. The third-order valence-corrected chi connectivity index (χ3v) is 5.51. The summed E-state index contributed by atoms with van der Waals surface area (Å²) in [6.07, 6.45) is 0. The molecule has 11 heteroatoms. The summed E-state index contributed by atoms with van der Waals surface area (Å²) in [5.41, 5.74) is -0.378. The summed E-state index contributed by atoms with van der Waals surface area (Å²) in [7, 11) is -2.27. The van der Waals surface area contributed by atoms with Gasteiger partial charge in [-0.15, -0.1) is 0 Å². The molecule has 0 fully saturated rings. The third kappa shape index (κ3) is 4.69. The molecule has 26 heavy (non-hydrogen) atoms. The van der Waals surface area contributed by atoms with E-state index in [1.165, 1.54) is 38.0 Å². The van der Waals surface area contributed by atoms with Gasteiger partial charge in [0.15, 0.2) is 0 Å². The number of nitro benzene ring substituents is 1. The van der Waals surface area contributed by atoms with Gasteiger partial charge in [-0.25, -0.2) is 0 Å². The Hall–Kier alpha value is -2.22. The second-order valence-electron chi connectivity index (χ2n) is 5.01.